The summed E-state index contributed by atoms with van der Waals surface area (Å²) in [5.74, 6) is 0.256. The third-order valence-corrected chi connectivity index (χ3v) is 1.97. The summed E-state index contributed by atoms with van der Waals surface area (Å²) in [7, 11) is 0. The number of halogens is 1. The number of aromatic nitrogens is 4. The van der Waals surface area contributed by atoms with Crippen LogP contribution in [0.5, 0.6) is 0 Å². The van der Waals surface area contributed by atoms with E-state index in [1.807, 2.05) is 0 Å². The minimum absolute atomic E-state index is 0.256. The molecule has 0 bridgehead atoms. The van der Waals surface area contributed by atoms with Crippen LogP contribution in [0, 0.1) is 0 Å². The van der Waals surface area contributed by atoms with Gasteiger partial charge in [0.1, 0.15) is 16.4 Å². The van der Waals surface area contributed by atoms with Crippen molar-refractivity contribution in [1.29, 1.82) is 0 Å². The molecule has 6 heteroatoms. The largest absolute Gasteiger partial charge is 0.332 e. The number of fused-ring (bicyclic) bond motifs is 1. The van der Waals surface area contributed by atoms with Gasteiger partial charge in [-0.1, -0.05) is 0 Å². The Kier molecular flexibility index (Phi) is 1.61. The molecule has 0 atom stereocenters. The Morgan fingerprint density at radius 3 is 3.00 bits per heavy atom. The predicted molar refractivity (Wildman–Crippen MR) is 44.8 cm³/mol. The molecule has 5 nitrogen and oxygen atoms in total. The molecular formula is C6H3BrN4O. The zero-order valence-corrected chi connectivity index (χ0v) is 7.37. The second kappa shape index (κ2) is 2.63. The van der Waals surface area contributed by atoms with E-state index in [0.717, 1.165) is 0 Å². The summed E-state index contributed by atoms with van der Waals surface area (Å²) in [4.78, 5) is 24.7. The average molecular weight is 227 g/mol. The van der Waals surface area contributed by atoms with Crippen molar-refractivity contribution in [3.05, 3.63) is 16.8 Å². The molecule has 0 fully saturated rings. The van der Waals surface area contributed by atoms with Gasteiger partial charge in [0, 0.05) is 0 Å². The van der Waals surface area contributed by atoms with Crippen LogP contribution in [0.3, 0.4) is 0 Å². The Labute approximate surface area is 75.4 Å². The number of nitrogens with zero attached hydrogens (tertiary/aromatic N) is 3. The van der Waals surface area contributed by atoms with Crippen molar-refractivity contribution >= 4 is 33.4 Å². The van der Waals surface area contributed by atoms with Gasteiger partial charge >= 0.3 is 0 Å². The number of aromatic amines is 1. The fraction of sp³-hybridized carbons (Fsp3) is 0. The van der Waals surface area contributed by atoms with Crippen LogP contribution in [0.15, 0.2) is 10.9 Å². The van der Waals surface area contributed by atoms with Gasteiger partial charge in [-0.15, -0.1) is 0 Å². The van der Waals surface area contributed by atoms with E-state index in [2.05, 4.69) is 35.9 Å². The number of imidazole rings is 1. The lowest BCUT2D eigenvalue weighted by Crippen LogP contribution is -1.80. The first kappa shape index (κ1) is 7.35. The Balaban J connectivity index is 2.82. The molecule has 0 saturated heterocycles. The van der Waals surface area contributed by atoms with E-state index in [0.29, 0.717) is 22.1 Å². The summed E-state index contributed by atoms with van der Waals surface area (Å²) in [6.45, 7) is 0. The number of rotatable bonds is 1. The smallest absolute Gasteiger partial charge is 0.185 e. The summed E-state index contributed by atoms with van der Waals surface area (Å²) in [6, 6.07) is 0. The highest BCUT2D eigenvalue weighted by Gasteiger charge is 2.05. The van der Waals surface area contributed by atoms with E-state index in [4.69, 9.17) is 0 Å². The molecule has 0 unspecified atom stereocenters. The van der Waals surface area contributed by atoms with Crippen molar-refractivity contribution in [3.8, 4) is 0 Å². The van der Waals surface area contributed by atoms with Gasteiger partial charge in [-0.05, 0) is 15.9 Å². The number of hydrogen-bond acceptors (Lipinski definition) is 4. The molecule has 2 heterocycles. The molecule has 1 N–H and O–H groups in total. The van der Waals surface area contributed by atoms with Crippen molar-refractivity contribution in [2.24, 2.45) is 0 Å². The molecule has 0 aliphatic rings. The van der Waals surface area contributed by atoms with Crippen LogP contribution < -0.4 is 0 Å². The van der Waals surface area contributed by atoms with Crippen molar-refractivity contribution in [2.45, 2.75) is 0 Å². The average Bonchev–Trinajstić information content (AvgIpc) is 2.49. The lowest BCUT2D eigenvalue weighted by atomic mass is 10.6. The van der Waals surface area contributed by atoms with Crippen LogP contribution in [-0.4, -0.2) is 26.2 Å². The van der Waals surface area contributed by atoms with Crippen LogP contribution >= 0.6 is 15.9 Å². The van der Waals surface area contributed by atoms with E-state index in [9.17, 15) is 4.79 Å². The molecule has 60 valence electrons. The molecule has 0 aliphatic heterocycles. The number of nitrogens with one attached hydrogen (secondary N) is 1. The fourth-order valence-electron chi connectivity index (χ4n) is 0.874. The van der Waals surface area contributed by atoms with Crippen LogP contribution in [0.25, 0.3) is 11.2 Å². The zero-order chi connectivity index (χ0) is 8.55. The highest BCUT2D eigenvalue weighted by atomic mass is 79.9. The van der Waals surface area contributed by atoms with Gasteiger partial charge in [-0.2, -0.15) is 0 Å². The third kappa shape index (κ3) is 1.00. The first-order valence-electron chi connectivity index (χ1n) is 3.12. The molecule has 2 rings (SSSR count). The molecular weight excluding hydrogens is 224 g/mol. The van der Waals surface area contributed by atoms with E-state index in [-0.39, 0.29) is 5.82 Å². The summed E-state index contributed by atoms with van der Waals surface area (Å²) in [5.41, 5.74) is 1.12. The Bertz CT molecular complexity index is 438. The fourth-order valence-corrected chi connectivity index (χ4v) is 1.24. The molecule has 0 amide bonds. The van der Waals surface area contributed by atoms with E-state index < -0.39 is 0 Å². The summed E-state index contributed by atoms with van der Waals surface area (Å²) in [6.07, 6.45) is 2.01. The maximum atomic E-state index is 10.3. The SMILES string of the molecule is O=Cc1nc2ncnc(Br)c2[nH]1. The molecule has 0 radical (unpaired) electrons. The van der Waals surface area contributed by atoms with E-state index in [1.165, 1.54) is 6.33 Å². The first-order valence-corrected chi connectivity index (χ1v) is 3.92. The number of aldehydes is 1. The normalized spacial score (nSPS) is 10.4. The van der Waals surface area contributed by atoms with Crippen molar-refractivity contribution in [3.63, 3.8) is 0 Å². The van der Waals surface area contributed by atoms with Crippen LogP contribution in [-0.2, 0) is 0 Å². The highest BCUT2D eigenvalue weighted by Crippen LogP contribution is 2.15. The molecule has 0 aliphatic carbocycles. The van der Waals surface area contributed by atoms with Crippen molar-refractivity contribution < 1.29 is 4.79 Å². The van der Waals surface area contributed by atoms with Gasteiger partial charge in [-0.25, -0.2) is 15.0 Å². The molecule has 0 spiro atoms. The maximum absolute atomic E-state index is 10.3. The number of carbonyl (C=O) groups excluding carboxylic acids is 1. The topological polar surface area (TPSA) is 71.5 Å². The van der Waals surface area contributed by atoms with Crippen LogP contribution in [0.2, 0.25) is 0 Å². The lowest BCUT2D eigenvalue weighted by molar-refractivity contribution is 0.111. The van der Waals surface area contributed by atoms with Crippen LogP contribution in [0.4, 0.5) is 0 Å². The minimum atomic E-state index is 0.256. The van der Waals surface area contributed by atoms with Gasteiger partial charge in [0.15, 0.2) is 17.8 Å². The van der Waals surface area contributed by atoms with Crippen molar-refractivity contribution in [1.82, 2.24) is 19.9 Å². The number of H-pyrrole nitrogens is 1. The number of carbonyl (C=O) groups is 1. The highest BCUT2D eigenvalue weighted by molar-refractivity contribution is 9.10. The third-order valence-electron chi connectivity index (χ3n) is 1.37. The first-order chi connectivity index (χ1) is 5.81. The van der Waals surface area contributed by atoms with E-state index in [1.54, 1.807) is 0 Å². The second-order valence-electron chi connectivity index (χ2n) is 2.10. The summed E-state index contributed by atoms with van der Waals surface area (Å²) < 4.78 is 0.605. The molecule has 2 aromatic rings. The van der Waals surface area contributed by atoms with Gasteiger partial charge in [0.2, 0.25) is 0 Å². The predicted octanol–water partition coefficient (Wildman–Crippen LogP) is 0.928. The standard InChI is InChI=1S/C6H3BrN4O/c7-5-4-6(9-2-8-5)11-3(1-12)10-4/h1-2H,(H,8,9,10,11). The van der Waals surface area contributed by atoms with Gasteiger partial charge in [-0.3, -0.25) is 4.79 Å². The van der Waals surface area contributed by atoms with Gasteiger partial charge in [0.05, 0.1) is 0 Å². The summed E-state index contributed by atoms with van der Waals surface area (Å²) in [5, 5.41) is 0. The lowest BCUT2D eigenvalue weighted by Gasteiger charge is -1.87. The zero-order valence-electron chi connectivity index (χ0n) is 5.78. The van der Waals surface area contributed by atoms with Gasteiger partial charge in [0.25, 0.3) is 0 Å². The van der Waals surface area contributed by atoms with Gasteiger partial charge < -0.3 is 4.98 Å². The monoisotopic (exact) mass is 226 g/mol. The van der Waals surface area contributed by atoms with Crippen molar-refractivity contribution in [2.75, 3.05) is 0 Å². The van der Waals surface area contributed by atoms with E-state index >= 15 is 0 Å². The maximum Gasteiger partial charge on any atom is 0.185 e. The Morgan fingerprint density at radius 2 is 2.33 bits per heavy atom. The molecule has 0 saturated carbocycles. The quantitative estimate of drug-likeness (QED) is 0.580. The van der Waals surface area contributed by atoms with Crippen LogP contribution in [0.1, 0.15) is 10.6 Å². The molecule has 12 heavy (non-hydrogen) atoms. The summed E-state index contributed by atoms with van der Waals surface area (Å²) >= 11 is 3.20. The Hall–Kier alpha value is -1.30. The molecule has 2 aromatic heterocycles. The molecule has 0 aromatic carbocycles. The minimum Gasteiger partial charge on any atom is -0.332 e. The Morgan fingerprint density at radius 1 is 1.50 bits per heavy atom. The number of hydrogen-bond donors (Lipinski definition) is 1. The second-order valence-corrected chi connectivity index (χ2v) is 2.85.